The van der Waals surface area contributed by atoms with E-state index in [2.05, 4.69) is 23.3 Å². The van der Waals surface area contributed by atoms with Crippen molar-refractivity contribution in [1.82, 2.24) is 10.6 Å². The summed E-state index contributed by atoms with van der Waals surface area (Å²) in [7, 11) is 0. The van der Waals surface area contributed by atoms with Crippen LogP contribution in [0.3, 0.4) is 0 Å². The van der Waals surface area contributed by atoms with Crippen molar-refractivity contribution in [2.45, 2.75) is 31.3 Å². The highest BCUT2D eigenvalue weighted by Crippen LogP contribution is 2.34. The summed E-state index contributed by atoms with van der Waals surface area (Å²) in [5, 5.41) is 14.2. The zero-order valence-corrected chi connectivity index (χ0v) is 9.51. The largest absolute Gasteiger partial charge is 0.394 e. The van der Waals surface area contributed by atoms with E-state index in [0.717, 1.165) is 12.8 Å². The predicted molar refractivity (Wildman–Crippen MR) is 58.7 cm³/mol. The van der Waals surface area contributed by atoms with Crippen molar-refractivity contribution >= 4 is 24.4 Å². The Morgan fingerprint density at radius 3 is 2.47 bits per heavy atom. The Labute approximate surface area is 94.0 Å². The maximum Gasteiger partial charge on any atom is 0.243 e. The van der Waals surface area contributed by atoms with Gasteiger partial charge in [0, 0.05) is 12.7 Å². The Kier molecular flexibility index (Phi) is 3.98. The van der Waals surface area contributed by atoms with Crippen LogP contribution in [-0.2, 0) is 9.59 Å². The van der Waals surface area contributed by atoms with Crippen molar-refractivity contribution in [3.8, 4) is 0 Å². The van der Waals surface area contributed by atoms with Crippen LogP contribution >= 0.6 is 12.6 Å². The highest BCUT2D eigenvalue weighted by molar-refractivity contribution is 7.80. The van der Waals surface area contributed by atoms with Crippen molar-refractivity contribution in [1.29, 1.82) is 0 Å². The Hall–Kier alpha value is -0.750. The molecule has 1 unspecified atom stereocenters. The molecule has 0 bridgehead atoms. The van der Waals surface area contributed by atoms with Crippen LogP contribution in [0.5, 0.6) is 0 Å². The van der Waals surface area contributed by atoms with Crippen molar-refractivity contribution in [2.24, 2.45) is 0 Å². The minimum atomic E-state index is -0.630. The molecule has 1 aliphatic rings. The zero-order chi connectivity index (χ0) is 11.5. The summed E-state index contributed by atoms with van der Waals surface area (Å²) in [6.45, 7) is 1.29. The Bertz CT molecular complexity index is 266. The van der Waals surface area contributed by atoms with Crippen LogP contribution in [0, 0.1) is 0 Å². The van der Waals surface area contributed by atoms with E-state index < -0.39 is 11.6 Å². The van der Waals surface area contributed by atoms with Gasteiger partial charge in [0.15, 0.2) is 0 Å². The summed E-state index contributed by atoms with van der Waals surface area (Å²) in [4.78, 5) is 22.4. The molecule has 0 aromatic heterocycles. The van der Waals surface area contributed by atoms with Crippen molar-refractivity contribution in [3.05, 3.63) is 0 Å². The third-order valence-electron chi connectivity index (χ3n) is 2.42. The number of carbonyl (C=O) groups excluding carboxylic acids is 2. The SMILES string of the molecule is CC(=O)NC(CS)C(=O)NC1(CO)CC1. The summed E-state index contributed by atoms with van der Waals surface area (Å²) in [5.41, 5.74) is -0.448. The third kappa shape index (κ3) is 3.39. The van der Waals surface area contributed by atoms with Gasteiger partial charge in [0.2, 0.25) is 11.8 Å². The number of carbonyl (C=O) groups is 2. The topological polar surface area (TPSA) is 78.4 Å². The maximum absolute atomic E-state index is 11.6. The van der Waals surface area contributed by atoms with Gasteiger partial charge in [0.05, 0.1) is 12.1 Å². The molecular formula is C9H16N2O3S. The predicted octanol–water partition coefficient (Wildman–Crippen LogP) is -0.938. The molecule has 0 aromatic carbocycles. The normalized spacial score (nSPS) is 19.1. The van der Waals surface area contributed by atoms with E-state index in [9.17, 15) is 9.59 Å². The standard InChI is InChI=1S/C9H16N2O3S/c1-6(13)10-7(4-15)8(14)11-9(5-12)2-3-9/h7,12,15H,2-5H2,1H3,(H,10,13)(H,11,14). The fourth-order valence-electron chi connectivity index (χ4n) is 1.26. The number of amides is 2. The van der Waals surface area contributed by atoms with Crippen molar-refractivity contribution < 1.29 is 14.7 Å². The molecule has 1 atom stereocenters. The van der Waals surface area contributed by atoms with E-state index in [4.69, 9.17) is 5.11 Å². The Balaban J connectivity index is 2.46. The number of nitrogens with one attached hydrogen (secondary N) is 2. The van der Waals surface area contributed by atoms with Crippen LogP contribution in [-0.4, -0.2) is 40.9 Å². The molecule has 2 amide bonds. The van der Waals surface area contributed by atoms with Crippen LogP contribution < -0.4 is 10.6 Å². The first-order chi connectivity index (χ1) is 7.03. The minimum Gasteiger partial charge on any atom is -0.394 e. The lowest BCUT2D eigenvalue weighted by Crippen LogP contribution is -2.52. The van der Waals surface area contributed by atoms with Gasteiger partial charge in [-0.2, -0.15) is 12.6 Å². The average molecular weight is 232 g/mol. The molecule has 0 heterocycles. The quantitative estimate of drug-likeness (QED) is 0.462. The number of rotatable bonds is 5. The lowest BCUT2D eigenvalue weighted by Gasteiger charge is -2.20. The van der Waals surface area contributed by atoms with Crippen molar-refractivity contribution in [2.75, 3.05) is 12.4 Å². The van der Waals surface area contributed by atoms with E-state index >= 15 is 0 Å². The third-order valence-corrected chi connectivity index (χ3v) is 2.79. The number of aliphatic hydroxyl groups excluding tert-OH is 1. The van der Waals surface area contributed by atoms with Gasteiger partial charge in [-0.15, -0.1) is 0 Å². The van der Waals surface area contributed by atoms with Crippen LogP contribution in [0.1, 0.15) is 19.8 Å². The van der Waals surface area contributed by atoms with Gasteiger partial charge < -0.3 is 15.7 Å². The van der Waals surface area contributed by atoms with Crippen LogP contribution in [0.15, 0.2) is 0 Å². The maximum atomic E-state index is 11.6. The first kappa shape index (κ1) is 12.3. The summed E-state index contributed by atoms with van der Waals surface area (Å²) >= 11 is 3.99. The fraction of sp³-hybridized carbons (Fsp3) is 0.778. The van der Waals surface area contributed by atoms with Gasteiger partial charge in [-0.05, 0) is 12.8 Å². The molecule has 0 saturated heterocycles. The Morgan fingerprint density at radius 1 is 1.53 bits per heavy atom. The molecule has 1 saturated carbocycles. The number of hydrogen-bond acceptors (Lipinski definition) is 4. The number of hydrogen-bond donors (Lipinski definition) is 4. The molecular weight excluding hydrogens is 216 g/mol. The molecule has 1 fully saturated rings. The molecule has 0 spiro atoms. The van der Waals surface area contributed by atoms with Gasteiger partial charge in [0.25, 0.3) is 0 Å². The van der Waals surface area contributed by atoms with E-state index in [0.29, 0.717) is 0 Å². The van der Waals surface area contributed by atoms with Gasteiger partial charge in [0.1, 0.15) is 6.04 Å². The second-order valence-electron chi connectivity index (χ2n) is 3.86. The summed E-state index contributed by atoms with van der Waals surface area (Å²) < 4.78 is 0. The number of thiol groups is 1. The Morgan fingerprint density at radius 2 is 2.13 bits per heavy atom. The lowest BCUT2D eigenvalue weighted by atomic mass is 10.2. The summed E-state index contributed by atoms with van der Waals surface area (Å²) in [6, 6.07) is -0.630. The van der Waals surface area contributed by atoms with Crippen molar-refractivity contribution in [3.63, 3.8) is 0 Å². The highest BCUT2D eigenvalue weighted by Gasteiger charge is 2.44. The molecule has 5 nitrogen and oxygen atoms in total. The molecule has 6 heteroatoms. The molecule has 0 aromatic rings. The fourth-order valence-corrected chi connectivity index (χ4v) is 1.52. The monoisotopic (exact) mass is 232 g/mol. The van der Waals surface area contributed by atoms with Gasteiger partial charge in [-0.1, -0.05) is 0 Å². The molecule has 15 heavy (non-hydrogen) atoms. The summed E-state index contributed by atoms with van der Waals surface area (Å²) in [5.74, 6) is -0.308. The van der Waals surface area contributed by atoms with Crippen LogP contribution in [0.25, 0.3) is 0 Å². The second-order valence-corrected chi connectivity index (χ2v) is 4.23. The zero-order valence-electron chi connectivity index (χ0n) is 8.62. The van der Waals surface area contributed by atoms with E-state index in [1.165, 1.54) is 6.92 Å². The van der Waals surface area contributed by atoms with Gasteiger partial charge in [-0.25, -0.2) is 0 Å². The average Bonchev–Trinajstić information content (AvgIpc) is 2.94. The molecule has 86 valence electrons. The molecule has 0 aliphatic heterocycles. The van der Waals surface area contributed by atoms with E-state index in [1.54, 1.807) is 0 Å². The highest BCUT2D eigenvalue weighted by atomic mass is 32.1. The van der Waals surface area contributed by atoms with Gasteiger partial charge in [-0.3, -0.25) is 9.59 Å². The minimum absolute atomic E-state index is 0.0574. The van der Waals surface area contributed by atoms with E-state index in [1.807, 2.05) is 0 Å². The second kappa shape index (κ2) is 4.85. The van der Waals surface area contributed by atoms with Gasteiger partial charge >= 0.3 is 0 Å². The molecule has 0 radical (unpaired) electrons. The summed E-state index contributed by atoms with van der Waals surface area (Å²) in [6.07, 6.45) is 1.57. The smallest absolute Gasteiger partial charge is 0.243 e. The lowest BCUT2D eigenvalue weighted by molar-refractivity contribution is -0.128. The first-order valence-corrected chi connectivity index (χ1v) is 5.47. The molecule has 3 N–H and O–H groups in total. The first-order valence-electron chi connectivity index (χ1n) is 4.84. The molecule has 1 rings (SSSR count). The van der Waals surface area contributed by atoms with Crippen LogP contribution in [0.4, 0.5) is 0 Å². The molecule has 1 aliphatic carbocycles. The van der Waals surface area contributed by atoms with E-state index in [-0.39, 0.29) is 24.2 Å². The van der Waals surface area contributed by atoms with Crippen LogP contribution in [0.2, 0.25) is 0 Å². The number of aliphatic hydroxyl groups is 1.